The summed E-state index contributed by atoms with van der Waals surface area (Å²) in [6.07, 6.45) is 0. The van der Waals surface area contributed by atoms with E-state index >= 15 is 0 Å². The standard InChI is InChI=1S/C6H16N2O4S/c1-5(2,7)6(3,4)8-12-13(9,10)11/h8H,7H2,1-4H3,(H,9,10,11). The Morgan fingerprint density at radius 1 is 1.31 bits per heavy atom. The maximum Gasteiger partial charge on any atom is 0.413 e. The van der Waals surface area contributed by atoms with Gasteiger partial charge < -0.3 is 5.73 Å². The van der Waals surface area contributed by atoms with Crippen molar-refractivity contribution in [1.82, 2.24) is 5.48 Å². The van der Waals surface area contributed by atoms with Crippen molar-refractivity contribution >= 4 is 10.4 Å². The molecule has 13 heavy (non-hydrogen) atoms. The fourth-order valence-electron chi connectivity index (χ4n) is 0.288. The Morgan fingerprint density at radius 2 is 1.69 bits per heavy atom. The first kappa shape index (κ1) is 12.8. The van der Waals surface area contributed by atoms with E-state index in [1.54, 1.807) is 27.7 Å². The van der Waals surface area contributed by atoms with E-state index in [1.165, 1.54) is 0 Å². The first-order valence-electron chi connectivity index (χ1n) is 3.68. The molecule has 0 bridgehead atoms. The van der Waals surface area contributed by atoms with Crippen LogP contribution in [0.15, 0.2) is 0 Å². The van der Waals surface area contributed by atoms with Crippen LogP contribution in [0.3, 0.4) is 0 Å². The van der Waals surface area contributed by atoms with E-state index in [0.717, 1.165) is 0 Å². The van der Waals surface area contributed by atoms with E-state index in [-0.39, 0.29) is 0 Å². The SMILES string of the molecule is CC(C)(N)C(C)(C)NOS(=O)(=O)O. The van der Waals surface area contributed by atoms with Crippen LogP contribution in [0.5, 0.6) is 0 Å². The highest BCUT2D eigenvalue weighted by atomic mass is 32.3. The zero-order valence-corrected chi connectivity index (χ0v) is 8.97. The van der Waals surface area contributed by atoms with Crippen molar-refractivity contribution in [2.45, 2.75) is 38.8 Å². The minimum Gasteiger partial charge on any atom is -0.324 e. The molecule has 0 aromatic rings. The molecule has 0 aliphatic rings. The molecule has 0 atom stereocenters. The number of nitrogens with two attached hydrogens (primary N) is 1. The van der Waals surface area contributed by atoms with Crippen LogP contribution >= 0.6 is 0 Å². The summed E-state index contributed by atoms with van der Waals surface area (Å²) in [5.74, 6) is 0. The third-order valence-corrected chi connectivity index (χ3v) is 2.31. The third kappa shape index (κ3) is 4.53. The number of rotatable bonds is 4. The normalized spacial score (nSPS) is 14.6. The van der Waals surface area contributed by atoms with Gasteiger partial charge in [0.1, 0.15) is 0 Å². The van der Waals surface area contributed by atoms with E-state index in [2.05, 4.69) is 9.76 Å². The van der Waals surface area contributed by atoms with E-state index in [0.29, 0.717) is 0 Å². The predicted octanol–water partition coefficient (Wildman–Crippen LogP) is -0.174. The topological polar surface area (TPSA) is 102 Å². The molecule has 0 spiro atoms. The van der Waals surface area contributed by atoms with Crippen molar-refractivity contribution < 1.29 is 17.3 Å². The predicted molar refractivity (Wildman–Crippen MR) is 48.1 cm³/mol. The lowest BCUT2D eigenvalue weighted by Crippen LogP contribution is -2.61. The second-order valence-electron chi connectivity index (χ2n) is 3.96. The van der Waals surface area contributed by atoms with E-state index in [1.807, 2.05) is 0 Å². The molecule has 0 fully saturated rings. The average molecular weight is 212 g/mol. The van der Waals surface area contributed by atoms with Gasteiger partial charge >= 0.3 is 10.4 Å². The molecule has 0 saturated carbocycles. The summed E-state index contributed by atoms with van der Waals surface area (Å²) >= 11 is 0. The van der Waals surface area contributed by atoms with Gasteiger partial charge in [0.05, 0.1) is 5.54 Å². The molecule has 0 amide bonds. The highest BCUT2D eigenvalue weighted by molar-refractivity contribution is 7.80. The Hall–Kier alpha value is -0.210. The van der Waals surface area contributed by atoms with Crippen LogP contribution in [0.4, 0.5) is 0 Å². The molecule has 80 valence electrons. The van der Waals surface area contributed by atoms with Gasteiger partial charge in [0.15, 0.2) is 0 Å². The number of hydrogen-bond acceptors (Lipinski definition) is 5. The van der Waals surface area contributed by atoms with Gasteiger partial charge in [0.2, 0.25) is 0 Å². The van der Waals surface area contributed by atoms with Gasteiger partial charge in [-0.3, -0.25) is 4.55 Å². The summed E-state index contributed by atoms with van der Waals surface area (Å²) in [7, 11) is -4.48. The number of hydroxylamine groups is 1. The fraction of sp³-hybridized carbons (Fsp3) is 1.00. The van der Waals surface area contributed by atoms with Crippen LogP contribution in [0.2, 0.25) is 0 Å². The van der Waals surface area contributed by atoms with E-state index in [4.69, 9.17) is 10.3 Å². The lowest BCUT2D eigenvalue weighted by molar-refractivity contribution is 0.0602. The van der Waals surface area contributed by atoms with Gasteiger partial charge in [-0.25, -0.2) is 0 Å². The van der Waals surface area contributed by atoms with Crippen LogP contribution in [0.1, 0.15) is 27.7 Å². The Bertz CT molecular complexity index is 265. The van der Waals surface area contributed by atoms with E-state index in [9.17, 15) is 8.42 Å². The van der Waals surface area contributed by atoms with Gasteiger partial charge in [0.25, 0.3) is 0 Å². The molecule has 0 aliphatic heterocycles. The van der Waals surface area contributed by atoms with Crippen LogP contribution in [-0.2, 0) is 14.7 Å². The highest BCUT2D eigenvalue weighted by Gasteiger charge is 2.34. The lowest BCUT2D eigenvalue weighted by Gasteiger charge is -2.37. The summed E-state index contributed by atoms with van der Waals surface area (Å²) in [6, 6.07) is 0. The zero-order chi connectivity index (χ0) is 10.9. The number of hydrogen-bond donors (Lipinski definition) is 3. The monoisotopic (exact) mass is 212 g/mol. The molecule has 4 N–H and O–H groups in total. The van der Waals surface area contributed by atoms with Gasteiger partial charge in [-0.1, -0.05) is 0 Å². The molecule has 0 saturated heterocycles. The van der Waals surface area contributed by atoms with Crippen LogP contribution in [-0.4, -0.2) is 24.0 Å². The molecule has 7 heteroatoms. The average Bonchev–Trinajstić information content (AvgIpc) is 1.79. The summed E-state index contributed by atoms with van der Waals surface area (Å²) in [5, 5.41) is 0. The second-order valence-corrected chi connectivity index (χ2v) is 4.98. The van der Waals surface area contributed by atoms with Crippen molar-refractivity contribution in [2.75, 3.05) is 0 Å². The van der Waals surface area contributed by atoms with Gasteiger partial charge in [0, 0.05) is 5.54 Å². The first-order chi connectivity index (χ1) is 5.46. The van der Waals surface area contributed by atoms with Crippen LogP contribution in [0.25, 0.3) is 0 Å². The summed E-state index contributed by atoms with van der Waals surface area (Å²) in [4.78, 5) is 0. The van der Waals surface area contributed by atoms with Crippen molar-refractivity contribution in [2.24, 2.45) is 5.73 Å². The Labute approximate surface area is 78.4 Å². The summed E-state index contributed by atoms with van der Waals surface area (Å²) in [5.41, 5.74) is 6.41. The zero-order valence-electron chi connectivity index (χ0n) is 8.16. The summed E-state index contributed by atoms with van der Waals surface area (Å²) in [6.45, 7) is 6.71. The van der Waals surface area contributed by atoms with Crippen LogP contribution < -0.4 is 11.2 Å². The Balaban J connectivity index is 4.38. The molecule has 0 radical (unpaired) electrons. The first-order valence-corrected chi connectivity index (χ1v) is 5.04. The third-order valence-electron chi connectivity index (χ3n) is 2.01. The van der Waals surface area contributed by atoms with Crippen molar-refractivity contribution in [3.63, 3.8) is 0 Å². The molecular formula is C6H16N2O4S. The van der Waals surface area contributed by atoms with Gasteiger partial charge in [-0.05, 0) is 27.7 Å². The summed E-state index contributed by atoms with van der Waals surface area (Å²) < 4.78 is 32.8. The van der Waals surface area contributed by atoms with Crippen molar-refractivity contribution in [1.29, 1.82) is 0 Å². The quantitative estimate of drug-likeness (QED) is 0.441. The molecule has 0 aromatic carbocycles. The molecule has 0 aromatic heterocycles. The molecular weight excluding hydrogens is 196 g/mol. The second kappa shape index (κ2) is 3.50. The Kier molecular flexibility index (Phi) is 3.45. The fourth-order valence-corrected chi connectivity index (χ4v) is 0.602. The molecule has 0 aliphatic carbocycles. The smallest absolute Gasteiger partial charge is 0.324 e. The van der Waals surface area contributed by atoms with Crippen molar-refractivity contribution in [3.8, 4) is 0 Å². The molecule has 6 nitrogen and oxygen atoms in total. The minimum absolute atomic E-state index is 0.697. The van der Waals surface area contributed by atoms with Crippen LogP contribution in [0, 0.1) is 0 Å². The Morgan fingerprint density at radius 3 is 1.92 bits per heavy atom. The molecule has 0 rings (SSSR count). The highest BCUT2D eigenvalue weighted by Crippen LogP contribution is 2.17. The minimum atomic E-state index is -4.48. The molecule has 0 heterocycles. The lowest BCUT2D eigenvalue weighted by atomic mass is 9.84. The number of nitrogens with one attached hydrogen (secondary N) is 1. The maximum absolute atomic E-state index is 10.2. The molecule has 0 unspecified atom stereocenters. The van der Waals surface area contributed by atoms with Crippen molar-refractivity contribution in [3.05, 3.63) is 0 Å². The maximum atomic E-state index is 10.2. The van der Waals surface area contributed by atoms with Gasteiger partial charge in [-0.15, -0.1) is 0 Å². The van der Waals surface area contributed by atoms with E-state index < -0.39 is 21.5 Å². The van der Waals surface area contributed by atoms with Gasteiger partial charge in [-0.2, -0.15) is 18.2 Å². The largest absolute Gasteiger partial charge is 0.413 e.